The van der Waals surface area contributed by atoms with Crippen LogP contribution in [0.2, 0.25) is 0 Å². The van der Waals surface area contributed by atoms with E-state index in [9.17, 15) is 18.3 Å². The summed E-state index contributed by atoms with van der Waals surface area (Å²) in [6, 6.07) is 3.25. The first-order chi connectivity index (χ1) is 6.86. The molecule has 6 nitrogen and oxygen atoms in total. The zero-order valence-electron chi connectivity index (χ0n) is 7.76. The van der Waals surface area contributed by atoms with Gasteiger partial charge < -0.3 is 14.6 Å². The second-order valence-corrected chi connectivity index (χ2v) is 4.26. The van der Waals surface area contributed by atoms with Crippen LogP contribution < -0.4 is 15.0 Å². The summed E-state index contributed by atoms with van der Waals surface area (Å²) < 4.78 is 26.6. The maximum absolute atomic E-state index is 10.9. The molecule has 1 aromatic carbocycles. The van der Waals surface area contributed by atoms with Gasteiger partial charge in [0, 0.05) is 5.56 Å². The van der Waals surface area contributed by atoms with Crippen molar-refractivity contribution in [3.63, 3.8) is 0 Å². The fourth-order valence-electron chi connectivity index (χ4n) is 1.02. The third kappa shape index (κ3) is 2.45. The minimum atomic E-state index is -3.93. The van der Waals surface area contributed by atoms with E-state index in [1.54, 1.807) is 0 Å². The Hall–Kier alpha value is -1.60. The Morgan fingerprint density at radius 2 is 2.07 bits per heavy atom. The third-order valence-corrected chi connectivity index (χ3v) is 2.63. The van der Waals surface area contributed by atoms with Gasteiger partial charge in [0.05, 0.1) is 18.0 Å². The molecule has 2 N–H and O–H groups in total. The standard InChI is InChI=1S/C8H9NO5S/c1-14-7-3-2-5(15(9,12)13)4-6(7)8(10)11/h2-4H,1H3,(H,10,11)(H2,9,12,13)/p-1. The number of ether oxygens (including phenoxy) is 1. The Bertz CT molecular complexity index is 494. The zero-order valence-corrected chi connectivity index (χ0v) is 8.58. The number of rotatable bonds is 3. The summed E-state index contributed by atoms with van der Waals surface area (Å²) in [6.45, 7) is 0. The number of benzene rings is 1. The quantitative estimate of drug-likeness (QED) is 0.694. The molecule has 0 unspecified atom stereocenters. The van der Waals surface area contributed by atoms with Crippen molar-refractivity contribution in [2.24, 2.45) is 5.14 Å². The predicted molar refractivity (Wildman–Crippen MR) is 48.7 cm³/mol. The van der Waals surface area contributed by atoms with Gasteiger partial charge in [-0.3, -0.25) is 0 Å². The van der Waals surface area contributed by atoms with E-state index < -0.39 is 16.0 Å². The fraction of sp³-hybridized carbons (Fsp3) is 0.125. The lowest BCUT2D eigenvalue weighted by molar-refractivity contribution is -0.255. The molecule has 7 heteroatoms. The average molecular weight is 230 g/mol. The van der Waals surface area contributed by atoms with Crippen molar-refractivity contribution in [3.8, 4) is 5.75 Å². The van der Waals surface area contributed by atoms with Crippen molar-refractivity contribution < 1.29 is 23.1 Å². The number of carboxylic acid groups (broad SMARTS) is 1. The van der Waals surface area contributed by atoms with Crippen LogP contribution >= 0.6 is 0 Å². The summed E-state index contributed by atoms with van der Waals surface area (Å²) in [7, 11) is -2.67. The van der Waals surface area contributed by atoms with E-state index >= 15 is 0 Å². The van der Waals surface area contributed by atoms with E-state index in [4.69, 9.17) is 9.88 Å². The molecular formula is C8H8NO5S-. The van der Waals surface area contributed by atoms with E-state index in [-0.39, 0.29) is 16.2 Å². The van der Waals surface area contributed by atoms with Crippen molar-refractivity contribution in [2.75, 3.05) is 7.11 Å². The number of hydrogen-bond acceptors (Lipinski definition) is 5. The Balaban J connectivity index is 3.42. The predicted octanol–water partition coefficient (Wildman–Crippen LogP) is -1.29. The van der Waals surface area contributed by atoms with Crippen LogP contribution in [-0.4, -0.2) is 21.5 Å². The zero-order chi connectivity index (χ0) is 11.6. The third-order valence-electron chi connectivity index (χ3n) is 1.72. The van der Waals surface area contributed by atoms with Gasteiger partial charge in [-0.25, -0.2) is 13.6 Å². The van der Waals surface area contributed by atoms with Crippen LogP contribution in [0.3, 0.4) is 0 Å². The first kappa shape index (κ1) is 11.5. The van der Waals surface area contributed by atoms with Gasteiger partial charge in [0.15, 0.2) is 0 Å². The number of hydrogen-bond donors (Lipinski definition) is 1. The average Bonchev–Trinajstić information content (AvgIpc) is 2.15. The molecule has 0 saturated heterocycles. The lowest BCUT2D eigenvalue weighted by Crippen LogP contribution is -2.23. The van der Waals surface area contributed by atoms with E-state index in [2.05, 4.69) is 0 Å². The molecule has 15 heavy (non-hydrogen) atoms. The van der Waals surface area contributed by atoms with Crippen molar-refractivity contribution in [3.05, 3.63) is 23.8 Å². The van der Waals surface area contributed by atoms with Crippen LogP contribution in [0.15, 0.2) is 23.1 Å². The van der Waals surface area contributed by atoms with Crippen molar-refractivity contribution in [2.45, 2.75) is 4.90 Å². The Labute approximate surface area is 86.3 Å². The van der Waals surface area contributed by atoms with Crippen LogP contribution in [0.5, 0.6) is 5.75 Å². The first-order valence-electron chi connectivity index (χ1n) is 3.78. The number of carbonyl (C=O) groups is 1. The van der Waals surface area contributed by atoms with Gasteiger partial charge in [0.25, 0.3) is 0 Å². The van der Waals surface area contributed by atoms with Gasteiger partial charge in [-0.1, -0.05) is 0 Å². The van der Waals surface area contributed by atoms with Crippen molar-refractivity contribution in [1.82, 2.24) is 0 Å². The Morgan fingerprint density at radius 1 is 1.47 bits per heavy atom. The smallest absolute Gasteiger partial charge is 0.238 e. The molecular weight excluding hydrogens is 222 g/mol. The van der Waals surface area contributed by atoms with Gasteiger partial charge in [0.1, 0.15) is 5.75 Å². The topological polar surface area (TPSA) is 110 Å². The van der Waals surface area contributed by atoms with Gasteiger partial charge in [0.2, 0.25) is 10.0 Å². The Kier molecular flexibility index (Phi) is 2.96. The summed E-state index contributed by atoms with van der Waals surface area (Å²) in [5.74, 6) is -1.51. The lowest BCUT2D eigenvalue weighted by Gasteiger charge is -2.10. The summed E-state index contributed by atoms with van der Waals surface area (Å²) >= 11 is 0. The molecule has 82 valence electrons. The molecule has 0 fully saturated rings. The molecule has 0 aliphatic carbocycles. The fourth-order valence-corrected chi connectivity index (χ4v) is 1.56. The van der Waals surface area contributed by atoms with E-state index in [0.717, 1.165) is 12.1 Å². The molecule has 0 atom stereocenters. The highest BCUT2D eigenvalue weighted by Crippen LogP contribution is 2.20. The summed E-state index contributed by atoms with van der Waals surface area (Å²) in [5.41, 5.74) is -0.357. The highest BCUT2D eigenvalue weighted by atomic mass is 32.2. The Morgan fingerprint density at radius 3 is 2.47 bits per heavy atom. The van der Waals surface area contributed by atoms with Crippen LogP contribution in [0.4, 0.5) is 0 Å². The number of nitrogens with two attached hydrogens (primary N) is 1. The maximum Gasteiger partial charge on any atom is 0.238 e. The minimum absolute atomic E-state index is 0.0161. The molecule has 0 heterocycles. The van der Waals surface area contributed by atoms with E-state index in [1.165, 1.54) is 13.2 Å². The number of carbonyl (C=O) groups excluding carboxylic acids is 1. The number of primary sulfonamides is 1. The molecule has 0 aliphatic heterocycles. The van der Waals surface area contributed by atoms with Gasteiger partial charge >= 0.3 is 0 Å². The van der Waals surface area contributed by atoms with Crippen molar-refractivity contribution >= 4 is 16.0 Å². The van der Waals surface area contributed by atoms with Gasteiger partial charge in [-0.05, 0) is 18.2 Å². The van der Waals surface area contributed by atoms with Gasteiger partial charge in [-0.15, -0.1) is 0 Å². The normalized spacial score (nSPS) is 11.1. The second kappa shape index (κ2) is 3.87. The SMILES string of the molecule is COc1ccc(S(N)(=O)=O)cc1C(=O)[O-]. The molecule has 0 bridgehead atoms. The summed E-state index contributed by atoms with van der Waals surface area (Å²) in [4.78, 5) is 10.3. The van der Waals surface area contributed by atoms with Crippen LogP contribution in [0.1, 0.15) is 10.4 Å². The highest BCUT2D eigenvalue weighted by Gasteiger charge is 2.12. The number of sulfonamides is 1. The molecule has 0 saturated carbocycles. The summed E-state index contributed by atoms with van der Waals surface area (Å²) in [6.07, 6.45) is 0. The summed E-state index contributed by atoms with van der Waals surface area (Å²) in [5, 5.41) is 15.5. The van der Waals surface area contributed by atoms with E-state index in [1.807, 2.05) is 0 Å². The number of methoxy groups -OCH3 is 1. The maximum atomic E-state index is 10.9. The minimum Gasteiger partial charge on any atom is -0.545 e. The second-order valence-electron chi connectivity index (χ2n) is 2.69. The van der Waals surface area contributed by atoms with Gasteiger partial charge in [-0.2, -0.15) is 0 Å². The first-order valence-corrected chi connectivity index (χ1v) is 5.33. The molecule has 1 aromatic rings. The lowest BCUT2D eigenvalue weighted by atomic mass is 10.2. The molecule has 0 aromatic heterocycles. The highest BCUT2D eigenvalue weighted by molar-refractivity contribution is 7.89. The van der Waals surface area contributed by atoms with Crippen molar-refractivity contribution in [1.29, 1.82) is 0 Å². The molecule has 0 amide bonds. The number of aromatic carboxylic acids is 1. The molecule has 0 spiro atoms. The number of carboxylic acids is 1. The molecule has 0 aliphatic rings. The molecule has 1 rings (SSSR count). The van der Waals surface area contributed by atoms with Crippen LogP contribution in [0, 0.1) is 0 Å². The monoisotopic (exact) mass is 230 g/mol. The van der Waals surface area contributed by atoms with E-state index in [0.29, 0.717) is 0 Å². The van der Waals surface area contributed by atoms with Crippen LogP contribution in [-0.2, 0) is 10.0 Å². The van der Waals surface area contributed by atoms with Crippen LogP contribution in [0.25, 0.3) is 0 Å². The largest absolute Gasteiger partial charge is 0.545 e. The molecule has 0 radical (unpaired) electrons.